The van der Waals surface area contributed by atoms with E-state index >= 15 is 0 Å². The molecule has 140 valence electrons. The highest BCUT2D eigenvalue weighted by Gasteiger charge is 2.14. The summed E-state index contributed by atoms with van der Waals surface area (Å²) < 4.78 is 12.1. The number of carbonyl (C=O) groups is 1. The standard InChI is InChI=1S/C19H26N4O3/c1-20-19(23(3)13-15-7-6-10-22(15)2)21-12-14-8-9-16(18(24)26-5)17(11-14)25-4/h6-11H,12-13H2,1-5H3,(H,20,21). The molecule has 0 saturated heterocycles. The van der Waals surface area contributed by atoms with Crippen LogP contribution in [0.5, 0.6) is 5.75 Å². The van der Waals surface area contributed by atoms with Gasteiger partial charge >= 0.3 is 5.97 Å². The van der Waals surface area contributed by atoms with Gasteiger partial charge in [-0.15, -0.1) is 0 Å². The molecule has 0 aliphatic heterocycles. The lowest BCUT2D eigenvalue weighted by molar-refractivity contribution is 0.0597. The average molecular weight is 358 g/mol. The number of ether oxygens (including phenoxy) is 2. The summed E-state index contributed by atoms with van der Waals surface area (Å²) in [5.41, 5.74) is 2.58. The van der Waals surface area contributed by atoms with E-state index in [4.69, 9.17) is 9.47 Å². The van der Waals surface area contributed by atoms with Gasteiger partial charge in [-0.2, -0.15) is 0 Å². The van der Waals surface area contributed by atoms with Crippen molar-refractivity contribution in [1.29, 1.82) is 0 Å². The second kappa shape index (κ2) is 8.94. The number of aryl methyl sites for hydroxylation is 1. The second-order valence-electron chi connectivity index (χ2n) is 5.89. The number of aliphatic imine (C=N–C) groups is 1. The molecule has 0 aliphatic carbocycles. The van der Waals surface area contributed by atoms with Crippen LogP contribution in [-0.4, -0.2) is 49.7 Å². The van der Waals surface area contributed by atoms with Crippen LogP contribution in [-0.2, 0) is 24.9 Å². The number of guanidine groups is 1. The van der Waals surface area contributed by atoms with Crippen molar-refractivity contribution in [3.8, 4) is 5.75 Å². The highest BCUT2D eigenvalue weighted by molar-refractivity contribution is 5.92. The molecule has 26 heavy (non-hydrogen) atoms. The summed E-state index contributed by atoms with van der Waals surface area (Å²) in [4.78, 5) is 18.1. The minimum absolute atomic E-state index is 0.406. The first-order valence-corrected chi connectivity index (χ1v) is 8.27. The molecule has 7 heteroatoms. The lowest BCUT2D eigenvalue weighted by Gasteiger charge is -2.22. The summed E-state index contributed by atoms with van der Waals surface area (Å²) in [6.07, 6.45) is 2.02. The van der Waals surface area contributed by atoms with Gasteiger partial charge in [-0.05, 0) is 29.8 Å². The number of esters is 1. The molecule has 7 nitrogen and oxygen atoms in total. The highest BCUT2D eigenvalue weighted by atomic mass is 16.5. The Morgan fingerprint density at radius 3 is 2.65 bits per heavy atom. The van der Waals surface area contributed by atoms with Crippen LogP contribution in [0.4, 0.5) is 0 Å². The smallest absolute Gasteiger partial charge is 0.341 e. The molecule has 2 rings (SSSR count). The third kappa shape index (κ3) is 4.56. The van der Waals surface area contributed by atoms with Gasteiger partial charge < -0.3 is 24.3 Å². The van der Waals surface area contributed by atoms with E-state index in [0.717, 1.165) is 18.1 Å². The maximum Gasteiger partial charge on any atom is 0.341 e. The molecule has 0 fully saturated rings. The van der Waals surface area contributed by atoms with Gasteiger partial charge in [0.25, 0.3) is 0 Å². The maximum atomic E-state index is 11.7. The number of nitrogens with zero attached hydrogens (tertiary/aromatic N) is 3. The van der Waals surface area contributed by atoms with Crippen molar-refractivity contribution in [2.75, 3.05) is 28.3 Å². The van der Waals surface area contributed by atoms with Crippen molar-refractivity contribution >= 4 is 11.9 Å². The minimum Gasteiger partial charge on any atom is -0.496 e. The zero-order valence-electron chi connectivity index (χ0n) is 15.9. The Morgan fingerprint density at radius 2 is 2.08 bits per heavy atom. The molecule has 0 amide bonds. The van der Waals surface area contributed by atoms with Gasteiger partial charge in [0.2, 0.25) is 0 Å². The topological polar surface area (TPSA) is 68.1 Å². The molecule has 2 aromatic rings. The molecule has 0 bridgehead atoms. The summed E-state index contributed by atoms with van der Waals surface area (Å²) in [6, 6.07) is 9.50. The summed E-state index contributed by atoms with van der Waals surface area (Å²) in [7, 11) is 8.65. The van der Waals surface area contributed by atoms with E-state index in [2.05, 4.69) is 25.8 Å². The van der Waals surface area contributed by atoms with Crippen molar-refractivity contribution in [1.82, 2.24) is 14.8 Å². The number of methoxy groups -OCH3 is 2. The maximum absolute atomic E-state index is 11.7. The fourth-order valence-electron chi connectivity index (χ4n) is 2.67. The molecule has 0 saturated carbocycles. The van der Waals surface area contributed by atoms with Gasteiger partial charge in [-0.3, -0.25) is 4.99 Å². The third-order valence-electron chi connectivity index (χ3n) is 4.15. The van der Waals surface area contributed by atoms with Crippen LogP contribution in [0.2, 0.25) is 0 Å². The van der Waals surface area contributed by atoms with Crippen LogP contribution in [0, 0.1) is 0 Å². The van der Waals surface area contributed by atoms with Crippen molar-refractivity contribution in [3.63, 3.8) is 0 Å². The molecule has 0 atom stereocenters. The quantitative estimate of drug-likeness (QED) is 0.486. The fourth-order valence-corrected chi connectivity index (χ4v) is 2.67. The summed E-state index contributed by atoms with van der Waals surface area (Å²) >= 11 is 0. The number of carbonyl (C=O) groups excluding carboxylic acids is 1. The molecule has 1 N–H and O–H groups in total. The van der Waals surface area contributed by atoms with Gasteiger partial charge in [-0.1, -0.05) is 6.07 Å². The molecular formula is C19H26N4O3. The van der Waals surface area contributed by atoms with Gasteiger partial charge in [0, 0.05) is 39.6 Å². The Labute approximate surface area is 154 Å². The predicted octanol–water partition coefficient (Wildman–Crippen LogP) is 2.03. The highest BCUT2D eigenvalue weighted by Crippen LogP contribution is 2.21. The van der Waals surface area contributed by atoms with E-state index in [1.54, 1.807) is 13.1 Å². The lowest BCUT2D eigenvalue weighted by Crippen LogP contribution is -2.38. The van der Waals surface area contributed by atoms with Crippen LogP contribution in [0.15, 0.2) is 41.5 Å². The van der Waals surface area contributed by atoms with Crippen molar-refractivity contribution in [3.05, 3.63) is 53.3 Å². The number of aromatic nitrogens is 1. The molecule has 0 radical (unpaired) electrons. The Hall–Kier alpha value is -2.96. The molecule has 1 heterocycles. The van der Waals surface area contributed by atoms with Crippen LogP contribution >= 0.6 is 0 Å². The first-order chi connectivity index (χ1) is 12.5. The van der Waals surface area contributed by atoms with Gasteiger partial charge in [0.05, 0.1) is 20.8 Å². The minimum atomic E-state index is -0.417. The van der Waals surface area contributed by atoms with E-state index in [0.29, 0.717) is 17.9 Å². The van der Waals surface area contributed by atoms with E-state index < -0.39 is 5.97 Å². The normalized spacial score (nSPS) is 11.2. The third-order valence-corrected chi connectivity index (χ3v) is 4.15. The summed E-state index contributed by atoms with van der Waals surface area (Å²) in [6.45, 7) is 1.30. The van der Waals surface area contributed by atoms with Gasteiger partial charge in [0.15, 0.2) is 5.96 Å². The number of hydrogen-bond donors (Lipinski definition) is 1. The van der Waals surface area contributed by atoms with Gasteiger partial charge in [0.1, 0.15) is 11.3 Å². The van der Waals surface area contributed by atoms with Crippen LogP contribution in [0.1, 0.15) is 21.6 Å². The van der Waals surface area contributed by atoms with Crippen molar-refractivity contribution in [2.45, 2.75) is 13.1 Å². The molecule has 0 aliphatic rings. The van der Waals surface area contributed by atoms with Gasteiger partial charge in [-0.25, -0.2) is 4.79 Å². The molecular weight excluding hydrogens is 332 g/mol. The SMILES string of the molecule is CN=C(NCc1ccc(C(=O)OC)c(OC)c1)N(C)Cc1cccn1C. The lowest BCUT2D eigenvalue weighted by atomic mass is 10.1. The molecule has 1 aromatic heterocycles. The molecule has 1 aromatic carbocycles. The van der Waals surface area contributed by atoms with E-state index in [-0.39, 0.29) is 0 Å². The fraction of sp³-hybridized carbons (Fsp3) is 0.368. The van der Waals surface area contributed by atoms with Crippen LogP contribution in [0.25, 0.3) is 0 Å². The summed E-state index contributed by atoms with van der Waals surface area (Å²) in [5.74, 6) is 0.852. The van der Waals surface area contributed by atoms with E-state index in [1.165, 1.54) is 19.9 Å². The van der Waals surface area contributed by atoms with Crippen molar-refractivity contribution in [2.24, 2.45) is 12.0 Å². The van der Waals surface area contributed by atoms with E-state index in [1.807, 2.05) is 38.5 Å². The average Bonchev–Trinajstić information content (AvgIpc) is 3.05. The van der Waals surface area contributed by atoms with Crippen molar-refractivity contribution < 1.29 is 14.3 Å². The second-order valence-corrected chi connectivity index (χ2v) is 5.89. The molecule has 0 spiro atoms. The monoisotopic (exact) mass is 358 g/mol. The zero-order chi connectivity index (χ0) is 19.1. The Balaban J connectivity index is 2.04. The van der Waals surface area contributed by atoms with Crippen LogP contribution < -0.4 is 10.1 Å². The number of hydrogen-bond acceptors (Lipinski definition) is 4. The molecule has 0 unspecified atom stereocenters. The zero-order valence-corrected chi connectivity index (χ0v) is 15.9. The largest absolute Gasteiger partial charge is 0.496 e. The Bertz CT molecular complexity index is 783. The number of rotatable bonds is 6. The summed E-state index contributed by atoms with van der Waals surface area (Å²) in [5, 5.41) is 3.33. The first-order valence-electron chi connectivity index (χ1n) is 8.27. The predicted molar refractivity (Wildman–Crippen MR) is 101 cm³/mol. The number of benzene rings is 1. The van der Waals surface area contributed by atoms with E-state index in [9.17, 15) is 4.79 Å². The number of nitrogens with one attached hydrogen (secondary N) is 1. The first kappa shape index (κ1) is 19.4. The Morgan fingerprint density at radius 1 is 1.31 bits per heavy atom. The Kier molecular flexibility index (Phi) is 6.66. The van der Waals surface area contributed by atoms with Crippen LogP contribution in [0.3, 0.4) is 0 Å².